The van der Waals surface area contributed by atoms with E-state index < -0.39 is 0 Å². The maximum Gasteiger partial charge on any atom is 0.134 e. The predicted octanol–water partition coefficient (Wildman–Crippen LogP) is 3.99. The van der Waals surface area contributed by atoms with Crippen molar-refractivity contribution in [3.8, 4) is 0 Å². The van der Waals surface area contributed by atoms with Crippen LogP contribution in [0.25, 0.3) is 0 Å². The Morgan fingerprint density at radius 1 is 1.23 bits per heavy atom. The molecule has 13 heavy (non-hydrogen) atoms. The van der Waals surface area contributed by atoms with Gasteiger partial charge in [-0.25, -0.2) is 4.98 Å². The molecule has 0 saturated carbocycles. The SMILES string of the molecule is Cc1c(C(C)(C)C)cc(Cl)nc1Cl. The average molecular weight is 218 g/mol. The number of rotatable bonds is 0. The molecule has 0 amide bonds. The molecule has 0 atom stereocenters. The van der Waals surface area contributed by atoms with Crippen LogP contribution in [0.15, 0.2) is 6.07 Å². The summed E-state index contributed by atoms with van der Waals surface area (Å²) in [4.78, 5) is 3.98. The molecule has 72 valence electrons. The lowest BCUT2D eigenvalue weighted by Gasteiger charge is -2.22. The lowest BCUT2D eigenvalue weighted by Crippen LogP contribution is -2.13. The van der Waals surface area contributed by atoms with E-state index in [2.05, 4.69) is 25.8 Å². The topological polar surface area (TPSA) is 12.9 Å². The molecule has 0 aromatic carbocycles. The Hall–Kier alpha value is -0.270. The quantitative estimate of drug-likeness (QED) is 0.600. The third-order valence-electron chi connectivity index (χ3n) is 1.99. The highest BCUT2D eigenvalue weighted by atomic mass is 35.5. The number of halogens is 2. The van der Waals surface area contributed by atoms with Gasteiger partial charge in [-0.2, -0.15) is 0 Å². The first kappa shape index (κ1) is 10.8. The first-order valence-electron chi connectivity index (χ1n) is 4.15. The first-order valence-corrected chi connectivity index (χ1v) is 4.91. The molecule has 0 aliphatic rings. The number of aromatic nitrogens is 1. The van der Waals surface area contributed by atoms with Gasteiger partial charge in [-0.1, -0.05) is 44.0 Å². The molecular weight excluding hydrogens is 205 g/mol. The molecule has 3 heteroatoms. The Morgan fingerprint density at radius 2 is 1.77 bits per heavy atom. The minimum Gasteiger partial charge on any atom is -0.224 e. The summed E-state index contributed by atoms with van der Waals surface area (Å²) in [5.41, 5.74) is 2.22. The van der Waals surface area contributed by atoms with E-state index in [1.165, 1.54) is 0 Å². The highest BCUT2D eigenvalue weighted by molar-refractivity contribution is 6.33. The lowest BCUT2D eigenvalue weighted by molar-refractivity contribution is 0.585. The largest absolute Gasteiger partial charge is 0.224 e. The maximum atomic E-state index is 5.93. The second-order valence-corrected chi connectivity index (χ2v) is 4.90. The third-order valence-corrected chi connectivity index (χ3v) is 2.55. The monoisotopic (exact) mass is 217 g/mol. The molecule has 0 fully saturated rings. The van der Waals surface area contributed by atoms with Crippen LogP contribution < -0.4 is 0 Å². The van der Waals surface area contributed by atoms with Crippen molar-refractivity contribution in [3.63, 3.8) is 0 Å². The van der Waals surface area contributed by atoms with Gasteiger partial charge in [-0.15, -0.1) is 0 Å². The van der Waals surface area contributed by atoms with E-state index in [1.54, 1.807) is 0 Å². The van der Waals surface area contributed by atoms with E-state index in [0.717, 1.165) is 11.1 Å². The molecule has 1 aromatic heterocycles. The Bertz CT molecular complexity index is 326. The van der Waals surface area contributed by atoms with Gasteiger partial charge in [0.1, 0.15) is 10.3 Å². The second-order valence-electron chi connectivity index (χ2n) is 4.16. The van der Waals surface area contributed by atoms with Crippen LogP contribution in [0.1, 0.15) is 31.9 Å². The number of nitrogens with zero attached hydrogens (tertiary/aromatic N) is 1. The van der Waals surface area contributed by atoms with Gasteiger partial charge in [0, 0.05) is 0 Å². The van der Waals surface area contributed by atoms with Crippen LogP contribution in [-0.4, -0.2) is 4.98 Å². The second kappa shape index (κ2) is 3.47. The summed E-state index contributed by atoms with van der Waals surface area (Å²) in [7, 11) is 0. The zero-order valence-corrected chi connectivity index (χ0v) is 9.79. The van der Waals surface area contributed by atoms with Gasteiger partial charge in [0.2, 0.25) is 0 Å². The fourth-order valence-corrected chi connectivity index (χ4v) is 1.76. The van der Waals surface area contributed by atoms with Crippen LogP contribution >= 0.6 is 23.2 Å². The van der Waals surface area contributed by atoms with Crippen LogP contribution in [0.5, 0.6) is 0 Å². The molecule has 0 bridgehead atoms. The molecule has 0 radical (unpaired) electrons. The van der Waals surface area contributed by atoms with E-state index >= 15 is 0 Å². The van der Waals surface area contributed by atoms with Gasteiger partial charge >= 0.3 is 0 Å². The Labute approximate surface area is 89.1 Å². The average Bonchev–Trinajstić information content (AvgIpc) is 1.94. The molecule has 1 nitrogen and oxygen atoms in total. The van der Waals surface area contributed by atoms with Crippen LogP contribution in [-0.2, 0) is 5.41 Å². The summed E-state index contributed by atoms with van der Waals surface area (Å²) in [5, 5.41) is 0.956. The summed E-state index contributed by atoms with van der Waals surface area (Å²) < 4.78 is 0. The first-order chi connectivity index (χ1) is 5.82. The van der Waals surface area contributed by atoms with Crippen LogP contribution in [0.4, 0.5) is 0 Å². The smallest absolute Gasteiger partial charge is 0.134 e. The summed E-state index contributed by atoms with van der Waals surface area (Å²) >= 11 is 11.8. The molecule has 0 N–H and O–H groups in total. The number of hydrogen-bond acceptors (Lipinski definition) is 1. The molecule has 0 aliphatic carbocycles. The van der Waals surface area contributed by atoms with Crippen molar-refractivity contribution < 1.29 is 0 Å². The molecule has 0 saturated heterocycles. The molecule has 1 heterocycles. The van der Waals surface area contributed by atoms with E-state index in [4.69, 9.17) is 23.2 Å². The van der Waals surface area contributed by atoms with Gasteiger partial charge in [0.05, 0.1) is 0 Å². The van der Waals surface area contributed by atoms with E-state index in [1.807, 2.05) is 13.0 Å². The number of hydrogen-bond donors (Lipinski definition) is 0. The Kier molecular flexibility index (Phi) is 2.88. The van der Waals surface area contributed by atoms with E-state index in [-0.39, 0.29) is 5.41 Å². The van der Waals surface area contributed by atoms with Crippen LogP contribution in [0.2, 0.25) is 10.3 Å². The van der Waals surface area contributed by atoms with Crippen molar-refractivity contribution in [2.45, 2.75) is 33.1 Å². The van der Waals surface area contributed by atoms with Crippen LogP contribution in [0, 0.1) is 6.92 Å². The van der Waals surface area contributed by atoms with Gasteiger partial charge in [-0.05, 0) is 29.5 Å². The summed E-state index contributed by atoms with van der Waals surface area (Å²) in [6.45, 7) is 8.35. The molecule has 0 spiro atoms. The van der Waals surface area contributed by atoms with E-state index in [0.29, 0.717) is 10.3 Å². The van der Waals surface area contributed by atoms with Gasteiger partial charge in [-0.3, -0.25) is 0 Å². The lowest BCUT2D eigenvalue weighted by atomic mass is 9.85. The molecule has 1 rings (SSSR count). The highest BCUT2D eigenvalue weighted by Crippen LogP contribution is 2.30. The fourth-order valence-electron chi connectivity index (χ4n) is 1.33. The highest BCUT2D eigenvalue weighted by Gasteiger charge is 2.18. The normalized spacial score (nSPS) is 11.8. The Balaban J connectivity index is 3.37. The van der Waals surface area contributed by atoms with Crippen molar-refractivity contribution >= 4 is 23.2 Å². The molecule has 0 aliphatic heterocycles. The Morgan fingerprint density at radius 3 is 2.23 bits per heavy atom. The summed E-state index contributed by atoms with van der Waals surface area (Å²) in [6, 6.07) is 1.88. The van der Waals surface area contributed by atoms with E-state index in [9.17, 15) is 0 Å². The zero-order chi connectivity index (χ0) is 10.2. The predicted molar refractivity (Wildman–Crippen MR) is 57.7 cm³/mol. The van der Waals surface area contributed by atoms with Crippen molar-refractivity contribution in [1.29, 1.82) is 0 Å². The zero-order valence-electron chi connectivity index (χ0n) is 8.28. The molecule has 0 unspecified atom stereocenters. The van der Waals surface area contributed by atoms with Gasteiger partial charge in [0.15, 0.2) is 0 Å². The van der Waals surface area contributed by atoms with Crippen molar-refractivity contribution in [2.75, 3.05) is 0 Å². The van der Waals surface area contributed by atoms with Crippen LogP contribution in [0.3, 0.4) is 0 Å². The number of pyridine rings is 1. The van der Waals surface area contributed by atoms with Crippen molar-refractivity contribution in [1.82, 2.24) is 4.98 Å². The minimum atomic E-state index is 0.0559. The minimum absolute atomic E-state index is 0.0559. The van der Waals surface area contributed by atoms with Gasteiger partial charge < -0.3 is 0 Å². The maximum absolute atomic E-state index is 5.93. The summed E-state index contributed by atoms with van der Waals surface area (Å²) in [6.07, 6.45) is 0. The third kappa shape index (κ3) is 2.35. The molecular formula is C10H13Cl2N. The van der Waals surface area contributed by atoms with Crippen molar-refractivity contribution in [3.05, 3.63) is 27.5 Å². The standard InChI is InChI=1S/C10H13Cl2N/c1-6-7(10(2,3)4)5-8(11)13-9(6)12/h5H,1-4H3. The fraction of sp³-hybridized carbons (Fsp3) is 0.500. The summed E-state index contributed by atoms with van der Waals surface area (Å²) in [5.74, 6) is 0. The van der Waals surface area contributed by atoms with Gasteiger partial charge in [0.25, 0.3) is 0 Å². The molecule has 1 aromatic rings. The van der Waals surface area contributed by atoms with Crippen molar-refractivity contribution in [2.24, 2.45) is 0 Å².